The van der Waals surface area contributed by atoms with E-state index in [4.69, 9.17) is 0 Å². The van der Waals surface area contributed by atoms with Gasteiger partial charge in [-0.3, -0.25) is 4.79 Å². The fraction of sp³-hybridized carbons (Fsp3) is 0.654. The van der Waals surface area contributed by atoms with Crippen molar-refractivity contribution >= 4 is 5.78 Å². The van der Waals surface area contributed by atoms with E-state index in [1.165, 1.54) is 43.2 Å². The van der Waals surface area contributed by atoms with Crippen LogP contribution in [0.3, 0.4) is 0 Å². The molecule has 3 saturated carbocycles. The molecule has 4 aliphatic rings. The van der Waals surface area contributed by atoms with Crippen molar-refractivity contribution in [3.8, 4) is 0 Å². The molecule has 150 valence electrons. The Morgan fingerprint density at radius 1 is 0.964 bits per heavy atom. The highest BCUT2D eigenvalue weighted by atomic mass is 19.1. The van der Waals surface area contributed by atoms with Crippen LogP contribution < -0.4 is 0 Å². The number of hydrogen-bond donors (Lipinski definition) is 0. The van der Waals surface area contributed by atoms with Gasteiger partial charge in [0.1, 0.15) is 5.82 Å². The van der Waals surface area contributed by atoms with Crippen LogP contribution in [0.15, 0.2) is 35.9 Å². The molecule has 0 spiro atoms. The number of hydrogen-bond acceptors (Lipinski definition) is 1. The summed E-state index contributed by atoms with van der Waals surface area (Å²) in [4.78, 5) is 12.0. The predicted molar refractivity (Wildman–Crippen MR) is 110 cm³/mol. The van der Waals surface area contributed by atoms with Crippen LogP contribution in [-0.4, -0.2) is 5.78 Å². The highest BCUT2D eigenvalue weighted by Gasteiger charge is 2.62. The summed E-state index contributed by atoms with van der Waals surface area (Å²) in [7, 11) is 0. The summed E-state index contributed by atoms with van der Waals surface area (Å²) >= 11 is 0. The third-order valence-corrected chi connectivity index (χ3v) is 10.0. The molecule has 5 rings (SSSR count). The van der Waals surface area contributed by atoms with Crippen molar-refractivity contribution in [2.45, 2.75) is 77.6 Å². The lowest BCUT2D eigenvalue weighted by atomic mass is 9.45. The first-order valence-electron chi connectivity index (χ1n) is 11.3. The Bertz CT molecular complexity index is 856. The highest BCUT2D eigenvalue weighted by molar-refractivity contribution is 5.91. The van der Waals surface area contributed by atoms with Crippen molar-refractivity contribution in [2.24, 2.45) is 28.6 Å². The van der Waals surface area contributed by atoms with Gasteiger partial charge in [-0.1, -0.05) is 38.5 Å². The number of allylic oxidation sites excluding steroid dienone is 1. The first kappa shape index (κ1) is 18.6. The van der Waals surface area contributed by atoms with Gasteiger partial charge in [-0.2, -0.15) is 0 Å². The van der Waals surface area contributed by atoms with Crippen LogP contribution >= 0.6 is 0 Å². The molecule has 0 bridgehead atoms. The van der Waals surface area contributed by atoms with E-state index in [9.17, 15) is 9.18 Å². The molecule has 4 aliphatic carbocycles. The zero-order valence-electron chi connectivity index (χ0n) is 17.6. The van der Waals surface area contributed by atoms with Crippen molar-refractivity contribution in [2.75, 3.05) is 0 Å². The first-order valence-corrected chi connectivity index (χ1v) is 11.3. The minimum Gasteiger partial charge on any atom is -0.295 e. The Morgan fingerprint density at radius 2 is 1.75 bits per heavy atom. The minimum absolute atomic E-state index is 0.0598. The van der Waals surface area contributed by atoms with Gasteiger partial charge in [-0.15, -0.1) is 0 Å². The van der Waals surface area contributed by atoms with E-state index in [0.29, 0.717) is 11.7 Å². The summed E-state index contributed by atoms with van der Waals surface area (Å²) < 4.78 is 14.0. The topological polar surface area (TPSA) is 17.1 Å². The van der Waals surface area contributed by atoms with Crippen LogP contribution in [0.25, 0.3) is 0 Å². The zero-order valence-corrected chi connectivity index (χ0v) is 17.6. The van der Waals surface area contributed by atoms with Gasteiger partial charge in [0, 0.05) is 6.42 Å². The van der Waals surface area contributed by atoms with E-state index in [1.54, 1.807) is 12.1 Å². The van der Waals surface area contributed by atoms with Gasteiger partial charge >= 0.3 is 0 Å². The molecule has 6 atom stereocenters. The summed E-state index contributed by atoms with van der Waals surface area (Å²) in [5.74, 6) is 2.42. The number of halogens is 1. The monoisotopic (exact) mass is 380 g/mol. The van der Waals surface area contributed by atoms with E-state index in [1.807, 2.05) is 12.1 Å². The van der Waals surface area contributed by atoms with E-state index in [-0.39, 0.29) is 22.1 Å². The summed E-state index contributed by atoms with van der Waals surface area (Å²) in [6.07, 6.45) is 11.0. The molecular weight excluding hydrogens is 347 g/mol. The Balaban J connectivity index is 1.51. The molecule has 1 unspecified atom stereocenters. The van der Waals surface area contributed by atoms with Crippen molar-refractivity contribution in [1.29, 1.82) is 0 Å². The van der Waals surface area contributed by atoms with Crippen LogP contribution in [0.4, 0.5) is 4.39 Å². The highest BCUT2D eigenvalue weighted by Crippen LogP contribution is 2.70. The van der Waals surface area contributed by atoms with Gasteiger partial charge in [-0.25, -0.2) is 4.39 Å². The minimum atomic E-state index is -0.105. The molecule has 1 nitrogen and oxygen atoms in total. The molecule has 0 N–H and O–H groups in total. The second-order valence-corrected chi connectivity index (χ2v) is 10.8. The maximum absolute atomic E-state index is 14.0. The Morgan fingerprint density at radius 3 is 2.54 bits per heavy atom. The molecule has 0 aliphatic heterocycles. The average Bonchev–Trinajstić information content (AvgIpc) is 2.95. The fourth-order valence-corrected chi connectivity index (χ4v) is 8.13. The van der Waals surface area contributed by atoms with Gasteiger partial charge in [0.25, 0.3) is 0 Å². The summed E-state index contributed by atoms with van der Waals surface area (Å²) in [6, 6.07) is 7.39. The fourth-order valence-electron chi connectivity index (χ4n) is 8.13. The zero-order chi connectivity index (χ0) is 19.7. The number of ketones is 1. The molecule has 28 heavy (non-hydrogen) atoms. The predicted octanol–water partition coefficient (Wildman–Crippen LogP) is 6.62. The third-order valence-electron chi connectivity index (χ3n) is 10.0. The molecule has 0 saturated heterocycles. The molecular formula is C26H33FO. The SMILES string of the molecule is C[C@]12CCC(=O)C=C1CCC1[C@@H]2CC[C@@]2(C)[C@H]1CC[C@]2(C)c1cccc(F)c1. The van der Waals surface area contributed by atoms with Crippen molar-refractivity contribution in [3.63, 3.8) is 0 Å². The van der Waals surface area contributed by atoms with E-state index >= 15 is 0 Å². The van der Waals surface area contributed by atoms with Gasteiger partial charge in [0.05, 0.1) is 0 Å². The Hall–Kier alpha value is -1.44. The van der Waals surface area contributed by atoms with Crippen LogP contribution in [0.1, 0.15) is 77.7 Å². The van der Waals surface area contributed by atoms with Gasteiger partial charge in [-0.05, 0) is 103 Å². The van der Waals surface area contributed by atoms with E-state index in [0.717, 1.165) is 31.1 Å². The molecule has 0 aromatic heterocycles. The molecule has 2 heteroatoms. The maximum atomic E-state index is 14.0. The number of rotatable bonds is 1. The van der Waals surface area contributed by atoms with Gasteiger partial charge in [0.2, 0.25) is 0 Å². The van der Waals surface area contributed by atoms with Crippen molar-refractivity contribution in [3.05, 3.63) is 47.3 Å². The van der Waals surface area contributed by atoms with E-state index in [2.05, 4.69) is 26.8 Å². The Labute approximate surface area is 168 Å². The third kappa shape index (κ3) is 2.33. The molecule has 1 aromatic carbocycles. The number of carbonyl (C=O) groups is 1. The second-order valence-electron chi connectivity index (χ2n) is 10.8. The standard InChI is InChI=1S/C26H33FO/c1-24-12-9-20(28)16-17(24)7-8-21-22(24)10-14-26(3)23(21)11-13-25(26,2)18-5-4-6-19(27)15-18/h4-6,15-16,21-23H,7-14H2,1-3H3/t21?,22-,23-,24-,25+,26-/m0/s1. The molecule has 3 fully saturated rings. The second kappa shape index (κ2) is 6.03. The lowest BCUT2D eigenvalue weighted by Crippen LogP contribution is -2.53. The lowest BCUT2D eigenvalue weighted by Gasteiger charge is -2.59. The van der Waals surface area contributed by atoms with Crippen LogP contribution in [-0.2, 0) is 10.2 Å². The number of carbonyl (C=O) groups excluding carboxylic acids is 1. The molecule has 0 amide bonds. The Kier molecular flexibility index (Phi) is 4.00. The lowest BCUT2D eigenvalue weighted by molar-refractivity contribution is -0.117. The smallest absolute Gasteiger partial charge is 0.155 e. The van der Waals surface area contributed by atoms with Crippen LogP contribution in [0, 0.1) is 34.4 Å². The first-order chi connectivity index (χ1) is 13.3. The molecule has 0 heterocycles. The summed E-state index contributed by atoms with van der Waals surface area (Å²) in [5, 5.41) is 0. The molecule has 0 radical (unpaired) electrons. The summed E-state index contributed by atoms with van der Waals surface area (Å²) in [6.45, 7) is 7.35. The van der Waals surface area contributed by atoms with Crippen LogP contribution in [0.2, 0.25) is 0 Å². The maximum Gasteiger partial charge on any atom is 0.155 e. The van der Waals surface area contributed by atoms with E-state index < -0.39 is 0 Å². The number of benzene rings is 1. The quantitative estimate of drug-likeness (QED) is 0.535. The van der Waals surface area contributed by atoms with Crippen molar-refractivity contribution in [1.82, 2.24) is 0 Å². The normalized spacial score (nSPS) is 45.1. The average molecular weight is 381 g/mol. The van der Waals surface area contributed by atoms with Gasteiger partial charge < -0.3 is 0 Å². The largest absolute Gasteiger partial charge is 0.295 e. The summed E-state index contributed by atoms with van der Waals surface area (Å²) in [5.41, 5.74) is 3.17. The number of fused-ring (bicyclic) bond motifs is 5. The molecule has 1 aromatic rings. The van der Waals surface area contributed by atoms with Gasteiger partial charge in [0.15, 0.2) is 5.78 Å². The van der Waals surface area contributed by atoms with Crippen LogP contribution in [0.5, 0.6) is 0 Å². The van der Waals surface area contributed by atoms with Crippen molar-refractivity contribution < 1.29 is 9.18 Å².